The summed E-state index contributed by atoms with van der Waals surface area (Å²) in [7, 11) is -1.87. The van der Waals surface area contributed by atoms with Gasteiger partial charge >= 0.3 is 0 Å². The SMILES string of the molecule is CNCc1ccc(S(=O)(=O)NCc2nn[nH]n2)nc1. The molecule has 2 aromatic heterocycles. The quantitative estimate of drug-likeness (QED) is 0.607. The van der Waals surface area contributed by atoms with Crippen molar-refractivity contribution in [3.63, 3.8) is 0 Å². The van der Waals surface area contributed by atoms with E-state index in [9.17, 15) is 8.42 Å². The fraction of sp³-hybridized carbons (Fsp3) is 0.333. The highest BCUT2D eigenvalue weighted by atomic mass is 32.2. The Morgan fingerprint density at radius 3 is 2.74 bits per heavy atom. The van der Waals surface area contributed by atoms with Crippen LogP contribution in [0.5, 0.6) is 0 Å². The first kappa shape index (κ1) is 13.5. The van der Waals surface area contributed by atoms with Gasteiger partial charge in [-0.3, -0.25) is 0 Å². The molecular formula is C9H13N7O2S. The minimum absolute atomic E-state index is 0.0429. The fourth-order valence-electron chi connectivity index (χ4n) is 1.37. The molecule has 102 valence electrons. The van der Waals surface area contributed by atoms with E-state index in [2.05, 4.69) is 35.6 Å². The molecule has 0 bridgehead atoms. The van der Waals surface area contributed by atoms with Crippen molar-refractivity contribution in [2.24, 2.45) is 0 Å². The number of H-pyrrole nitrogens is 1. The predicted octanol–water partition coefficient (Wildman–Crippen LogP) is -1.21. The number of pyridine rings is 1. The van der Waals surface area contributed by atoms with Gasteiger partial charge in [0.25, 0.3) is 10.0 Å². The minimum Gasteiger partial charge on any atom is -0.316 e. The molecule has 2 rings (SSSR count). The summed E-state index contributed by atoms with van der Waals surface area (Å²) in [5.74, 6) is 0.260. The van der Waals surface area contributed by atoms with Gasteiger partial charge in [0.2, 0.25) is 0 Å². The third kappa shape index (κ3) is 3.53. The van der Waals surface area contributed by atoms with Crippen molar-refractivity contribution in [2.75, 3.05) is 7.05 Å². The molecule has 9 nitrogen and oxygen atoms in total. The zero-order valence-electron chi connectivity index (χ0n) is 10.2. The largest absolute Gasteiger partial charge is 0.316 e. The summed E-state index contributed by atoms with van der Waals surface area (Å²) in [4.78, 5) is 3.91. The van der Waals surface area contributed by atoms with Crippen LogP contribution >= 0.6 is 0 Å². The molecule has 2 aromatic rings. The maximum absolute atomic E-state index is 11.9. The Morgan fingerprint density at radius 1 is 1.32 bits per heavy atom. The summed E-state index contributed by atoms with van der Waals surface area (Å²) in [6, 6.07) is 3.15. The van der Waals surface area contributed by atoms with Gasteiger partial charge in [0.05, 0.1) is 6.54 Å². The summed E-state index contributed by atoms with van der Waals surface area (Å²) in [5.41, 5.74) is 0.902. The van der Waals surface area contributed by atoms with Crippen molar-refractivity contribution in [3.8, 4) is 0 Å². The van der Waals surface area contributed by atoms with Gasteiger partial charge in [-0.05, 0) is 18.7 Å². The second kappa shape index (κ2) is 5.82. The first-order valence-corrected chi connectivity index (χ1v) is 6.91. The topological polar surface area (TPSA) is 126 Å². The van der Waals surface area contributed by atoms with E-state index in [0.29, 0.717) is 6.54 Å². The number of tetrazole rings is 1. The molecule has 0 aliphatic heterocycles. The Hall–Kier alpha value is -1.91. The monoisotopic (exact) mass is 283 g/mol. The molecule has 0 unspecified atom stereocenters. The van der Waals surface area contributed by atoms with Crippen molar-refractivity contribution >= 4 is 10.0 Å². The zero-order chi connectivity index (χ0) is 13.7. The fourth-order valence-corrected chi connectivity index (χ4v) is 2.28. The number of rotatable bonds is 6. The Balaban J connectivity index is 2.06. The lowest BCUT2D eigenvalue weighted by molar-refractivity contribution is 0.575. The number of nitrogens with one attached hydrogen (secondary N) is 3. The van der Waals surface area contributed by atoms with Crippen LogP contribution in [0.25, 0.3) is 0 Å². The van der Waals surface area contributed by atoms with E-state index >= 15 is 0 Å². The number of sulfonamides is 1. The molecule has 3 N–H and O–H groups in total. The number of hydrogen-bond acceptors (Lipinski definition) is 7. The van der Waals surface area contributed by atoms with Crippen LogP contribution in [-0.2, 0) is 23.1 Å². The normalized spacial score (nSPS) is 11.6. The van der Waals surface area contributed by atoms with Crippen molar-refractivity contribution in [1.82, 2.24) is 35.6 Å². The molecule has 0 radical (unpaired) electrons. The van der Waals surface area contributed by atoms with Gasteiger partial charge in [-0.15, -0.1) is 10.2 Å². The summed E-state index contributed by atoms with van der Waals surface area (Å²) >= 11 is 0. The van der Waals surface area contributed by atoms with Gasteiger partial charge in [-0.25, -0.2) is 18.1 Å². The first-order chi connectivity index (χ1) is 9.12. The third-order valence-electron chi connectivity index (χ3n) is 2.26. The Bertz CT molecular complexity index is 609. The molecule has 2 heterocycles. The summed E-state index contributed by atoms with van der Waals surface area (Å²) in [6.45, 7) is 0.586. The zero-order valence-corrected chi connectivity index (χ0v) is 11.0. The van der Waals surface area contributed by atoms with Gasteiger partial charge in [0, 0.05) is 12.7 Å². The average molecular weight is 283 g/mol. The maximum atomic E-state index is 11.9. The van der Waals surface area contributed by atoms with Crippen LogP contribution in [-0.4, -0.2) is 41.1 Å². The Labute approximate surface area is 109 Å². The van der Waals surface area contributed by atoms with Crippen molar-refractivity contribution < 1.29 is 8.42 Å². The smallest absolute Gasteiger partial charge is 0.258 e. The molecule has 0 saturated carbocycles. The van der Waals surface area contributed by atoms with Crippen molar-refractivity contribution in [1.29, 1.82) is 0 Å². The lowest BCUT2D eigenvalue weighted by atomic mass is 10.3. The van der Waals surface area contributed by atoms with Gasteiger partial charge in [0.1, 0.15) is 0 Å². The van der Waals surface area contributed by atoms with E-state index in [1.807, 2.05) is 0 Å². The van der Waals surface area contributed by atoms with Crippen LogP contribution in [0.3, 0.4) is 0 Å². The summed E-state index contributed by atoms with van der Waals surface area (Å²) in [6.07, 6.45) is 1.51. The van der Waals surface area contributed by atoms with Crippen LogP contribution in [0.1, 0.15) is 11.4 Å². The molecule has 0 aliphatic carbocycles. The average Bonchev–Trinajstić information content (AvgIpc) is 2.91. The second-order valence-corrected chi connectivity index (χ2v) is 5.40. The van der Waals surface area contributed by atoms with Crippen LogP contribution in [0.4, 0.5) is 0 Å². The molecule has 0 spiro atoms. The molecule has 0 atom stereocenters. The predicted molar refractivity (Wildman–Crippen MR) is 65.2 cm³/mol. The third-order valence-corrected chi connectivity index (χ3v) is 3.58. The molecule has 0 aliphatic rings. The van der Waals surface area contributed by atoms with E-state index in [1.165, 1.54) is 12.3 Å². The van der Waals surface area contributed by atoms with Crippen LogP contribution in [0.2, 0.25) is 0 Å². The Morgan fingerprint density at radius 2 is 2.16 bits per heavy atom. The summed E-state index contributed by atoms with van der Waals surface area (Å²) < 4.78 is 26.2. The molecule has 0 aromatic carbocycles. The molecule has 0 fully saturated rings. The second-order valence-electron chi connectivity index (χ2n) is 3.69. The van der Waals surface area contributed by atoms with E-state index in [1.54, 1.807) is 13.1 Å². The van der Waals surface area contributed by atoms with Crippen molar-refractivity contribution in [2.45, 2.75) is 18.1 Å². The number of nitrogens with zero attached hydrogens (tertiary/aromatic N) is 4. The van der Waals surface area contributed by atoms with Gasteiger partial charge in [-0.2, -0.15) is 5.21 Å². The lowest BCUT2D eigenvalue weighted by Crippen LogP contribution is -2.24. The highest BCUT2D eigenvalue weighted by Crippen LogP contribution is 2.06. The molecule has 0 amide bonds. The van der Waals surface area contributed by atoms with E-state index in [4.69, 9.17) is 0 Å². The first-order valence-electron chi connectivity index (χ1n) is 5.43. The summed E-state index contributed by atoms with van der Waals surface area (Å²) in [5, 5.41) is 15.8. The van der Waals surface area contributed by atoms with Gasteiger partial charge in [0.15, 0.2) is 10.9 Å². The lowest BCUT2D eigenvalue weighted by Gasteiger charge is -2.05. The highest BCUT2D eigenvalue weighted by Gasteiger charge is 2.16. The number of aromatic amines is 1. The molecular weight excluding hydrogens is 270 g/mol. The van der Waals surface area contributed by atoms with Gasteiger partial charge in [-0.1, -0.05) is 11.3 Å². The van der Waals surface area contributed by atoms with Gasteiger partial charge < -0.3 is 5.32 Å². The number of hydrogen-bond donors (Lipinski definition) is 3. The highest BCUT2D eigenvalue weighted by molar-refractivity contribution is 7.89. The number of aromatic nitrogens is 5. The van der Waals surface area contributed by atoms with Crippen LogP contribution in [0.15, 0.2) is 23.4 Å². The standard InChI is InChI=1S/C9H13N7O2S/c1-10-4-7-2-3-9(11-5-7)19(17,18)12-6-8-13-15-16-14-8/h2-3,5,10,12H,4,6H2,1H3,(H,13,14,15,16). The van der Waals surface area contributed by atoms with E-state index in [-0.39, 0.29) is 17.4 Å². The van der Waals surface area contributed by atoms with E-state index in [0.717, 1.165) is 5.56 Å². The van der Waals surface area contributed by atoms with Crippen LogP contribution in [0, 0.1) is 0 Å². The van der Waals surface area contributed by atoms with E-state index < -0.39 is 10.0 Å². The minimum atomic E-state index is -3.67. The maximum Gasteiger partial charge on any atom is 0.258 e. The Kier molecular flexibility index (Phi) is 4.14. The molecule has 19 heavy (non-hydrogen) atoms. The molecule has 10 heteroatoms. The van der Waals surface area contributed by atoms with Crippen molar-refractivity contribution in [3.05, 3.63) is 29.7 Å². The molecule has 0 saturated heterocycles. The van der Waals surface area contributed by atoms with Crippen LogP contribution < -0.4 is 10.0 Å².